The minimum Gasteiger partial charge on any atom is -0.501 e. The van der Waals surface area contributed by atoms with Gasteiger partial charge in [0.15, 0.2) is 0 Å². The number of allylic oxidation sites excluding steroid dienone is 7. The summed E-state index contributed by atoms with van der Waals surface area (Å²) in [5, 5.41) is 18.4. The van der Waals surface area contributed by atoms with E-state index in [1.807, 2.05) is 24.3 Å². The Bertz CT molecular complexity index is 811. The Labute approximate surface area is 168 Å². The van der Waals surface area contributed by atoms with E-state index in [1.165, 1.54) is 17.5 Å². The van der Waals surface area contributed by atoms with Crippen molar-refractivity contribution in [2.24, 2.45) is 5.92 Å². The van der Waals surface area contributed by atoms with Crippen LogP contribution in [0, 0.1) is 28.6 Å². The topological polar surface area (TPSA) is 60.0 Å². The van der Waals surface area contributed by atoms with Crippen LogP contribution in [0.2, 0.25) is 0 Å². The van der Waals surface area contributed by atoms with Crippen LogP contribution in [0.3, 0.4) is 0 Å². The molecular formula is C24H27N3O. The Morgan fingerprint density at radius 3 is 2.71 bits per heavy atom. The normalized spacial score (nSPS) is 21.1. The van der Waals surface area contributed by atoms with Gasteiger partial charge in [0, 0.05) is 31.1 Å². The summed E-state index contributed by atoms with van der Waals surface area (Å²) in [4.78, 5) is 2.28. The van der Waals surface area contributed by atoms with Crippen molar-refractivity contribution >= 4 is 0 Å². The summed E-state index contributed by atoms with van der Waals surface area (Å²) < 4.78 is 5.22. The minimum absolute atomic E-state index is 0.0476. The van der Waals surface area contributed by atoms with Gasteiger partial charge in [0.2, 0.25) is 0 Å². The highest BCUT2D eigenvalue weighted by atomic mass is 16.5. The van der Waals surface area contributed by atoms with Crippen molar-refractivity contribution in [3.05, 3.63) is 84.4 Å². The van der Waals surface area contributed by atoms with Gasteiger partial charge in [-0.25, -0.2) is 0 Å². The molecule has 144 valence electrons. The van der Waals surface area contributed by atoms with Crippen LogP contribution in [0.4, 0.5) is 0 Å². The molecule has 0 aromatic rings. The lowest BCUT2D eigenvalue weighted by Crippen LogP contribution is -2.27. The molecule has 0 aromatic heterocycles. The number of ether oxygens (including phenoxy) is 1. The van der Waals surface area contributed by atoms with E-state index in [0.717, 1.165) is 31.3 Å². The predicted molar refractivity (Wildman–Crippen MR) is 113 cm³/mol. The first-order valence-corrected chi connectivity index (χ1v) is 9.52. The molecule has 1 aliphatic heterocycles. The molecule has 0 saturated carbocycles. The van der Waals surface area contributed by atoms with Gasteiger partial charge < -0.3 is 9.64 Å². The van der Waals surface area contributed by atoms with E-state index in [0.29, 0.717) is 6.61 Å². The van der Waals surface area contributed by atoms with Crippen LogP contribution < -0.4 is 0 Å². The molecule has 0 spiro atoms. The van der Waals surface area contributed by atoms with Crippen LogP contribution in [0.1, 0.15) is 25.7 Å². The van der Waals surface area contributed by atoms with Gasteiger partial charge in [-0.15, -0.1) is 0 Å². The minimum atomic E-state index is 0.0476. The average molecular weight is 374 g/mol. The third-order valence-corrected chi connectivity index (χ3v) is 5.07. The SMILES string of the molecule is C=C/C=C(\C=C/C[C@@H]1C(C=C(C#N)C#N)C2=CCCC=C2N1C)CCOC=C. The molecule has 1 saturated heterocycles. The summed E-state index contributed by atoms with van der Waals surface area (Å²) in [5.41, 5.74) is 3.77. The predicted octanol–water partition coefficient (Wildman–Crippen LogP) is 5.10. The Balaban J connectivity index is 2.21. The molecule has 2 rings (SSSR count). The van der Waals surface area contributed by atoms with E-state index >= 15 is 0 Å². The summed E-state index contributed by atoms with van der Waals surface area (Å²) in [5.74, 6) is 0.0476. The third kappa shape index (κ3) is 5.15. The molecule has 0 radical (unpaired) electrons. The van der Waals surface area contributed by atoms with Gasteiger partial charge in [-0.05, 0) is 36.5 Å². The Hall–Kier alpha value is -3.24. The Kier molecular flexibility index (Phi) is 8.12. The van der Waals surface area contributed by atoms with Gasteiger partial charge in [0.25, 0.3) is 0 Å². The lowest BCUT2D eigenvalue weighted by atomic mass is 9.88. The van der Waals surface area contributed by atoms with Gasteiger partial charge in [-0.1, -0.05) is 49.6 Å². The molecule has 1 fully saturated rings. The summed E-state index contributed by atoms with van der Waals surface area (Å²) in [6.45, 7) is 7.91. The fourth-order valence-electron chi connectivity index (χ4n) is 3.74. The van der Waals surface area contributed by atoms with Crippen LogP contribution in [0.5, 0.6) is 0 Å². The third-order valence-electron chi connectivity index (χ3n) is 5.07. The van der Waals surface area contributed by atoms with E-state index in [2.05, 4.69) is 49.4 Å². The van der Waals surface area contributed by atoms with E-state index in [4.69, 9.17) is 4.74 Å². The first kappa shape index (κ1) is 21.1. The van der Waals surface area contributed by atoms with Gasteiger partial charge >= 0.3 is 0 Å². The molecule has 4 heteroatoms. The molecule has 4 nitrogen and oxygen atoms in total. The van der Waals surface area contributed by atoms with Crippen molar-refractivity contribution in [3.63, 3.8) is 0 Å². The second kappa shape index (κ2) is 10.8. The molecule has 2 atom stereocenters. The van der Waals surface area contributed by atoms with Crippen molar-refractivity contribution in [2.45, 2.75) is 31.7 Å². The highest BCUT2D eigenvalue weighted by Gasteiger charge is 2.37. The highest BCUT2D eigenvalue weighted by molar-refractivity contribution is 5.47. The van der Waals surface area contributed by atoms with Crippen molar-refractivity contribution < 1.29 is 4.74 Å². The number of likely N-dealkylation sites (N-methyl/N-ethyl adjacent to an activating group) is 1. The lowest BCUT2D eigenvalue weighted by Gasteiger charge is -2.24. The van der Waals surface area contributed by atoms with Crippen molar-refractivity contribution in [2.75, 3.05) is 13.7 Å². The first-order valence-electron chi connectivity index (χ1n) is 9.52. The molecule has 2 aliphatic rings. The van der Waals surface area contributed by atoms with Crippen LogP contribution in [0.15, 0.2) is 84.4 Å². The number of likely N-dealkylation sites (tertiary alicyclic amines) is 1. The average Bonchev–Trinajstić information content (AvgIpc) is 2.98. The quantitative estimate of drug-likeness (QED) is 0.244. The van der Waals surface area contributed by atoms with Crippen LogP contribution in [-0.2, 0) is 4.74 Å². The Morgan fingerprint density at radius 2 is 2.04 bits per heavy atom. The van der Waals surface area contributed by atoms with E-state index in [1.54, 1.807) is 6.08 Å². The van der Waals surface area contributed by atoms with E-state index in [-0.39, 0.29) is 17.5 Å². The van der Waals surface area contributed by atoms with Gasteiger partial charge in [0.1, 0.15) is 17.7 Å². The fourth-order valence-corrected chi connectivity index (χ4v) is 3.74. The molecule has 1 unspecified atom stereocenters. The number of hydrogen-bond donors (Lipinski definition) is 0. The van der Waals surface area contributed by atoms with Crippen LogP contribution in [0.25, 0.3) is 0 Å². The molecule has 0 amide bonds. The molecule has 0 bridgehead atoms. The number of nitrogens with zero attached hydrogens (tertiary/aromatic N) is 3. The molecule has 28 heavy (non-hydrogen) atoms. The first-order chi connectivity index (χ1) is 13.7. The lowest BCUT2D eigenvalue weighted by molar-refractivity contribution is 0.255. The molecule has 0 N–H and O–H groups in total. The van der Waals surface area contributed by atoms with Gasteiger partial charge in [0.05, 0.1) is 12.9 Å². The van der Waals surface area contributed by atoms with Crippen molar-refractivity contribution in [1.82, 2.24) is 4.90 Å². The molecule has 0 aromatic carbocycles. The Morgan fingerprint density at radius 1 is 1.29 bits per heavy atom. The molecule has 1 aliphatic carbocycles. The standard InChI is InChI=1S/C24H27N3O/c1-4-9-19(14-15-28-5-2)10-8-13-24-22(16-20(17-25)18-26)21-11-6-7-12-23(21)27(24)3/h4-5,8-12,16,22,24H,1-2,6-7,13-15H2,3H3/b10-8-,19-9+/t22?,24-/m1/s1. The molecular weight excluding hydrogens is 346 g/mol. The van der Waals surface area contributed by atoms with Crippen LogP contribution >= 0.6 is 0 Å². The number of hydrogen-bond acceptors (Lipinski definition) is 4. The molecule has 1 heterocycles. The van der Waals surface area contributed by atoms with E-state index < -0.39 is 0 Å². The van der Waals surface area contributed by atoms with E-state index in [9.17, 15) is 10.5 Å². The number of rotatable bonds is 9. The second-order valence-electron chi connectivity index (χ2n) is 6.74. The fraction of sp³-hybridized carbons (Fsp3) is 0.333. The highest BCUT2D eigenvalue weighted by Crippen LogP contribution is 2.42. The summed E-state index contributed by atoms with van der Waals surface area (Å²) in [6.07, 6.45) is 19.4. The summed E-state index contributed by atoms with van der Waals surface area (Å²) in [7, 11) is 2.09. The summed E-state index contributed by atoms with van der Waals surface area (Å²) >= 11 is 0. The maximum atomic E-state index is 9.21. The van der Waals surface area contributed by atoms with Crippen molar-refractivity contribution in [1.29, 1.82) is 10.5 Å². The zero-order chi connectivity index (χ0) is 20.4. The monoisotopic (exact) mass is 373 g/mol. The number of nitriles is 2. The maximum absolute atomic E-state index is 9.21. The summed E-state index contributed by atoms with van der Waals surface area (Å²) in [6, 6.07) is 4.19. The largest absolute Gasteiger partial charge is 0.501 e. The van der Waals surface area contributed by atoms with Crippen LogP contribution in [-0.4, -0.2) is 24.6 Å². The second-order valence-corrected chi connectivity index (χ2v) is 6.74. The smallest absolute Gasteiger partial charge is 0.126 e. The van der Waals surface area contributed by atoms with Gasteiger partial charge in [-0.2, -0.15) is 10.5 Å². The van der Waals surface area contributed by atoms with Crippen molar-refractivity contribution in [3.8, 4) is 12.1 Å². The number of fused-ring (bicyclic) bond motifs is 1. The zero-order valence-electron chi connectivity index (χ0n) is 16.5. The maximum Gasteiger partial charge on any atom is 0.126 e. The van der Waals surface area contributed by atoms with Gasteiger partial charge in [-0.3, -0.25) is 0 Å². The zero-order valence-corrected chi connectivity index (χ0v) is 16.5.